The Morgan fingerprint density at radius 3 is 2.60 bits per heavy atom. The van der Waals surface area contributed by atoms with Crippen LogP contribution in [-0.4, -0.2) is 25.6 Å². The molecule has 0 bridgehead atoms. The highest BCUT2D eigenvalue weighted by atomic mass is 127. The number of nitrogens with zero attached hydrogens (tertiary/aromatic N) is 1. The van der Waals surface area contributed by atoms with Crippen LogP contribution in [0, 0.1) is 3.57 Å². The van der Waals surface area contributed by atoms with Gasteiger partial charge in [-0.3, -0.25) is 9.78 Å². The van der Waals surface area contributed by atoms with Gasteiger partial charge in [0.1, 0.15) is 0 Å². The molecule has 0 unspecified atom stereocenters. The number of aromatic nitrogens is 1. The molecular formula is C11H7Cl2IN2O3S. The third-order valence-corrected chi connectivity index (χ3v) is 4.53. The molecule has 9 heteroatoms. The Kier molecular flexibility index (Phi) is 4.43. The average molecular weight is 445 g/mol. The number of benzene rings is 1. The maximum absolute atomic E-state index is 11.8. The van der Waals surface area contributed by atoms with Crippen LogP contribution >= 0.6 is 45.8 Å². The molecule has 0 aliphatic carbocycles. The van der Waals surface area contributed by atoms with Crippen molar-refractivity contribution in [2.24, 2.45) is 0 Å². The number of fused-ring (bicyclic) bond motifs is 1. The number of rotatable bonds is 2. The molecule has 2 aromatic rings. The zero-order valence-electron chi connectivity index (χ0n) is 9.95. The quantitative estimate of drug-likeness (QED) is 0.570. The Balaban J connectivity index is 2.59. The van der Waals surface area contributed by atoms with Crippen LogP contribution in [0.1, 0.15) is 10.4 Å². The van der Waals surface area contributed by atoms with Crippen molar-refractivity contribution in [2.45, 2.75) is 0 Å². The van der Waals surface area contributed by atoms with Gasteiger partial charge in [-0.1, -0.05) is 23.2 Å². The van der Waals surface area contributed by atoms with Crippen LogP contribution in [0.5, 0.6) is 0 Å². The van der Waals surface area contributed by atoms with Crippen LogP contribution in [0.25, 0.3) is 10.9 Å². The molecule has 1 heterocycles. The van der Waals surface area contributed by atoms with E-state index in [2.05, 4.69) is 4.98 Å². The van der Waals surface area contributed by atoms with Gasteiger partial charge in [-0.2, -0.15) is 0 Å². The van der Waals surface area contributed by atoms with Gasteiger partial charge in [-0.05, 0) is 34.7 Å². The van der Waals surface area contributed by atoms with E-state index in [4.69, 9.17) is 23.2 Å². The summed E-state index contributed by atoms with van der Waals surface area (Å²) in [5, 5.41) is 1.10. The SMILES string of the molecule is CS(=O)(=O)NC(=O)c1cnc2c(I)cc(Cl)c(Cl)c2c1. The maximum Gasteiger partial charge on any atom is 0.266 e. The summed E-state index contributed by atoms with van der Waals surface area (Å²) >= 11 is 14.1. The van der Waals surface area contributed by atoms with Crippen molar-refractivity contribution in [1.82, 2.24) is 9.71 Å². The molecule has 2 rings (SSSR count). The lowest BCUT2D eigenvalue weighted by Gasteiger charge is -2.07. The molecule has 106 valence electrons. The molecule has 0 fully saturated rings. The Bertz CT molecular complexity index is 824. The number of carbonyl (C=O) groups excluding carboxylic acids is 1. The molecule has 1 aromatic heterocycles. The molecule has 0 radical (unpaired) electrons. The van der Waals surface area contributed by atoms with Gasteiger partial charge in [-0.15, -0.1) is 0 Å². The summed E-state index contributed by atoms with van der Waals surface area (Å²) in [7, 11) is -3.64. The summed E-state index contributed by atoms with van der Waals surface area (Å²) in [6, 6.07) is 3.12. The van der Waals surface area contributed by atoms with Crippen LogP contribution in [0.15, 0.2) is 18.3 Å². The zero-order chi connectivity index (χ0) is 15.1. The second kappa shape index (κ2) is 5.63. The lowest BCUT2D eigenvalue weighted by molar-refractivity contribution is 0.0981. The normalized spacial score (nSPS) is 11.6. The molecular weight excluding hydrogens is 438 g/mol. The molecule has 1 aromatic carbocycles. The number of nitrogens with one attached hydrogen (secondary N) is 1. The Morgan fingerprint density at radius 2 is 2.00 bits per heavy atom. The van der Waals surface area contributed by atoms with E-state index >= 15 is 0 Å². The average Bonchev–Trinajstić information content (AvgIpc) is 2.33. The van der Waals surface area contributed by atoms with Crippen LogP contribution in [0.2, 0.25) is 10.0 Å². The van der Waals surface area contributed by atoms with E-state index in [0.29, 0.717) is 15.9 Å². The Hall–Kier alpha value is -0.640. The minimum Gasteiger partial charge on any atom is -0.268 e. The predicted molar refractivity (Wildman–Crippen MR) is 86.8 cm³/mol. The van der Waals surface area contributed by atoms with Crippen molar-refractivity contribution in [3.05, 3.63) is 37.5 Å². The molecule has 0 atom stereocenters. The van der Waals surface area contributed by atoms with Gasteiger partial charge in [0.15, 0.2) is 0 Å². The van der Waals surface area contributed by atoms with Crippen LogP contribution in [0.3, 0.4) is 0 Å². The molecule has 0 aliphatic heterocycles. The number of hydrogen-bond donors (Lipinski definition) is 1. The van der Waals surface area contributed by atoms with Crippen LogP contribution < -0.4 is 4.72 Å². The van der Waals surface area contributed by atoms with E-state index in [0.717, 1.165) is 9.83 Å². The van der Waals surface area contributed by atoms with Crippen molar-refractivity contribution in [1.29, 1.82) is 0 Å². The fourth-order valence-corrected chi connectivity index (χ4v) is 3.33. The second-order valence-corrected chi connectivity index (χ2v) is 7.67. The summed E-state index contributed by atoms with van der Waals surface area (Å²) in [5.74, 6) is -0.770. The third kappa shape index (κ3) is 3.33. The Labute approximate surface area is 138 Å². The van der Waals surface area contributed by atoms with Gasteiger partial charge in [0.25, 0.3) is 5.91 Å². The maximum atomic E-state index is 11.8. The molecule has 0 aliphatic rings. The molecule has 0 saturated heterocycles. The summed E-state index contributed by atoms with van der Waals surface area (Å²) in [6.07, 6.45) is 2.18. The van der Waals surface area contributed by atoms with Crippen molar-refractivity contribution >= 4 is 72.6 Å². The van der Waals surface area contributed by atoms with E-state index in [-0.39, 0.29) is 10.6 Å². The van der Waals surface area contributed by atoms with Gasteiger partial charge in [0, 0.05) is 15.2 Å². The second-order valence-electron chi connectivity index (χ2n) is 3.98. The third-order valence-electron chi connectivity index (χ3n) is 2.35. The van der Waals surface area contributed by atoms with E-state index in [9.17, 15) is 13.2 Å². The van der Waals surface area contributed by atoms with E-state index in [1.807, 2.05) is 27.3 Å². The fourth-order valence-electron chi connectivity index (χ4n) is 1.55. The molecule has 1 N–H and O–H groups in total. The lowest BCUT2D eigenvalue weighted by atomic mass is 10.1. The number of carbonyl (C=O) groups is 1. The minimum absolute atomic E-state index is 0.0860. The first-order valence-corrected chi connectivity index (χ1v) is 8.87. The lowest BCUT2D eigenvalue weighted by Crippen LogP contribution is -2.29. The van der Waals surface area contributed by atoms with Gasteiger partial charge in [0.2, 0.25) is 10.0 Å². The summed E-state index contributed by atoms with van der Waals surface area (Å²) in [6.45, 7) is 0. The largest absolute Gasteiger partial charge is 0.268 e. The van der Waals surface area contributed by atoms with Crippen molar-refractivity contribution in [3.63, 3.8) is 0 Å². The highest BCUT2D eigenvalue weighted by molar-refractivity contribution is 14.1. The van der Waals surface area contributed by atoms with Crippen molar-refractivity contribution < 1.29 is 13.2 Å². The fraction of sp³-hybridized carbons (Fsp3) is 0.0909. The van der Waals surface area contributed by atoms with Gasteiger partial charge >= 0.3 is 0 Å². The van der Waals surface area contributed by atoms with Gasteiger partial charge in [0.05, 0.1) is 27.4 Å². The monoisotopic (exact) mass is 444 g/mol. The number of amides is 1. The number of sulfonamides is 1. The van der Waals surface area contributed by atoms with Gasteiger partial charge in [-0.25, -0.2) is 13.1 Å². The van der Waals surface area contributed by atoms with E-state index in [1.54, 1.807) is 6.07 Å². The minimum atomic E-state index is -3.64. The summed E-state index contributed by atoms with van der Waals surface area (Å²) < 4.78 is 24.7. The molecule has 1 amide bonds. The van der Waals surface area contributed by atoms with Crippen molar-refractivity contribution in [2.75, 3.05) is 6.26 Å². The van der Waals surface area contributed by atoms with Gasteiger partial charge < -0.3 is 0 Å². The number of pyridine rings is 1. The standard InChI is InChI=1S/C11H7Cl2IN2O3S/c1-20(18,19)16-11(17)5-2-6-9(13)7(12)3-8(14)10(6)15-4-5/h2-4H,1H3,(H,16,17). The van der Waals surface area contributed by atoms with E-state index < -0.39 is 15.9 Å². The zero-order valence-corrected chi connectivity index (χ0v) is 14.4. The topological polar surface area (TPSA) is 76.1 Å². The molecule has 20 heavy (non-hydrogen) atoms. The van der Waals surface area contributed by atoms with E-state index in [1.165, 1.54) is 12.3 Å². The smallest absolute Gasteiger partial charge is 0.266 e. The van der Waals surface area contributed by atoms with Crippen molar-refractivity contribution in [3.8, 4) is 0 Å². The van der Waals surface area contributed by atoms with Crippen LogP contribution in [0.4, 0.5) is 0 Å². The molecule has 0 spiro atoms. The number of halogens is 3. The highest BCUT2D eigenvalue weighted by Gasteiger charge is 2.15. The first kappa shape index (κ1) is 15.7. The summed E-state index contributed by atoms with van der Waals surface area (Å²) in [4.78, 5) is 15.9. The first-order valence-electron chi connectivity index (χ1n) is 5.14. The number of hydrogen-bond acceptors (Lipinski definition) is 4. The Morgan fingerprint density at radius 1 is 1.35 bits per heavy atom. The highest BCUT2D eigenvalue weighted by Crippen LogP contribution is 2.33. The molecule has 0 saturated carbocycles. The predicted octanol–water partition coefficient (Wildman–Crippen LogP) is 2.84. The van der Waals surface area contributed by atoms with Crippen LogP contribution in [-0.2, 0) is 10.0 Å². The molecule has 5 nitrogen and oxygen atoms in total. The first-order chi connectivity index (χ1) is 9.19. The summed E-state index contributed by atoms with van der Waals surface area (Å²) in [5.41, 5.74) is 0.679.